The van der Waals surface area contributed by atoms with Gasteiger partial charge in [-0.2, -0.15) is 10.1 Å². The van der Waals surface area contributed by atoms with Crippen molar-refractivity contribution >= 4 is 27.5 Å². The highest BCUT2D eigenvalue weighted by Crippen LogP contribution is 2.23. The van der Waals surface area contributed by atoms with Crippen LogP contribution in [0.15, 0.2) is 42.0 Å². The molecule has 1 amide bonds. The van der Waals surface area contributed by atoms with E-state index < -0.39 is 0 Å². The van der Waals surface area contributed by atoms with Crippen molar-refractivity contribution in [2.75, 3.05) is 7.11 Å². The summed E-state index contributed by atoms with van der Waals surface area (Å²) < 4.78 is 9.85. The highest BCUT2D eigenvalue weighted by Gasteiger charge is 2.14. The van der Waals surface area contributed by atoms with Gasteiger partial charge in [0.15, 0.2) is 10.5 Å². The number of thiazole rings is 1. The van der Waals surface area contributed by atoms with Crippen LogP contribution in [0.1, 0.15) is 16.1 Å². The molecule has 0 fully saturated rings. The Morgan fingerprint density at radius 1 is 1.50 bits per heavy atom. The molecule has 0 aliphatic carbocycles. The van der Waals surface area contributed by atoms with E-state index >= 15 is 0 Å². The monoisotopic (exact) mass is 342 g/mol. The maximum Gasteiger partial charge on any atom is 0.300 e. The lowest BCUT2D eigenvalue weighted by atomic mass is 10.3. The molecule has 2 heterocycles. The number of carbonyl (C=O) groups is 1. The van der Waals surface area contributed by atoms with Gasteiger partial charge in [0, 0.05) is 25.4 Å². The number of methoxy groups -OCH3 is 1. The van der Waals surface area contributed by atoms with Crippen molar-refractivity contribution in [1.29, 1.82) is 0 Å². The van der Waals surface area contributed by atoms with Crippen LogP contribution in [0.25, 0.3) is 10.2 Å². The number of allylic oxidation sites excluding steroid dienone is 1. The first-order valence-electron chi connectivity index (χ1n) is 7.41. The number of aromatic nitrogens is 3. The molecule has 0 bridgehead atoms. The molecule has 0 aliphatic rings. The summed E-state index contributed by atoms with van der Waals surface area (Å²) in [6.45, 7) is 6.21. The molecule has 0 N–H and O–H groups in total. The summed E-state index contributed by atoms with van der Waals surface area (Å²) in [5, 5.41) is 4.19. The second-order valence-corrected chi connectivity index (χ2v) is 6.38. The van der Waals surface area contributed by atoms with E-state index in [2.05, 4.69) is 16.7 Å². The summed E-state index contributed by atoms with van der Waals surface area (Å²) in [5.41, 5.74) is 2.17. The Hall–Kier alpha value is -2.67. The molecule has 6 nitrogen and oxygen atoms in total. The number of nitrogens with zero attached hydrogens (tertiary/aromatic N) is 4. The van der Waals surface area contributed by atoms with E-state index in [1.807, 2.05) is 29.7 Å². The van der Waals surface area contributed by atoms with Crippen molar-refractivity contribution in [3.63, 3.8) is 0 Å². The lowest BCUT2D eigenvalue weighted by Crippen LogP contribution is -2.16. The fourth-order valence-corrected chi connectivity index (χ4v) is 3.60. The van der Waals surface area contributed by atoms with Crippen molar-refractivity contribution in [2.45, 2.75) is 13.5 Å². The number of rotatable bonds is 4. The fourth-order valence-electron chi connectivity index (χ4n) is 2.53. The summed E-state index contributed by atoms with van der Waals surface area (Å²) >= 11 is 1.44. The molecule has 0 spiro atoms. The molecule has 0 saturated carbocycles. The summed E-state index contributed by atoms with van der Waals surface area (Å²) in [7, 11) is 3.42. The zero-order valence-electron chi connectivity index (χ0n) is 13.8. The third kappa shape index (κ3) is 2.90. The van der Waals surface area contributed by atoms with Crippen molar-refractivity contribution in [3.05, 3.63) is 53.1 Å². The topological polar surface area (TPSA) is 61.4 Å². The average molecular weight is 342 g/mol. The molecule has 0 saturated heterocycles. The molecule has 0 atom stereocenters. The molecule has 7 heteroatoms. The Bertz CT molecular complexity index is 994. The number of ether oxygens (including phenoxy) is 1. The number of aryl methyl sites for hydroxylation is 2. The SMILES string of the molecule is C=CCn1c(=NC(=O)c2nn(C)cc2C)sc2cc(OC)ccc21. The Labute approximate surface area is 143 Å². The Morgan fingerprint density at radius 3 is 2.92 bits per heavy atom. The van der Waals surface area contributed by atoms with Gasteiger partial charge in [-0.15, -0.1) is 6.58 Å². The van der Waals surface area contributed by atoms with Gasteiger partial charge in [0.2, 0.25) is 0 Å². The van der Waals surface area contributed by atoms with Gasteiger partial charge in [-0.05, 0) is 25.1 Å². The van der Waals surface area contributed by atoms with Gasteiger partial charge in [-0.1, -0.05) is 17.4 Å². The number of hydrogen-bond acceptors (Lipinski definition) is 4. The second kappa shape index (κ2) is 6.45. The summed E-state index contributed by atoms with van der Waals surface area (Å²) in [4.78, 5) is 17.4. The number of amides is 1. The largest absolute Gasteiger partial charge is 0.497 e. The molecule has 24 heavy (non-hydrogen) atoms. The normalized spacial score (nSPS) is 11.9. The van der Waals surface area contributed by atoms with Gasteiger partial charge < -0.3 is 9.30 Å². The van der Waals surface area contributed by atoms with Gasteiger partial charge in [0.05, 0.1) is 17.3 Å². The van der Waals surface area contributed by atoms with Crippen LogP contribution in [-0.4, -0.2) is 27.4 Å². The van der Waals surface area contributed by atoms with Crippen LogP contribution in [0.5, 0.6) is 5.75 Å². The maximum atomic E-state index is 12.5. The van der Waals surface area contributed by atoms with Crippen LogP contribution in [-0.2, 0) is 13.6 Å². The molecule has 1 aromatic carbocycles. The van der Waals surface area contributed by atoms with Gasteiger partial charge in [-0.25, -0.2) is 0 Å². The van der Waals surface area contributed by atoms with E-state index in [4.69, 9.17) is 4.74 Å². The minimum atomic E-state index is -0.343. The second-order valence-electron chi connectivity index (χ2n) is 5.37. The van der Waals surface area contributed by atoms with Crippen LogP contribution in [0.3, 0.4) is 0 Å². The Kier molecular flexibility index (Phi) is 4.35. The first-order chi connectivity index (χ1) is 11.5. The van der Waals surface area contributed by atoms with Crippen molar-refractivity contribution in [2.24, 2.45) is 12.0 Å². The predicted molar refractivity (Wildman–Crippen MR) is 94.4 cm³/mol. The van der Waals surface area contributed by atoms with Crippen molar-refractivity contribution in [1.82, 2.24) is 14.3 Å². The van der Waals surface area contributed by atoms with E-state index in [9.17, 15) is 4.79 Å². The van der Waals surface area contributed by atoms with Crippen molar-refractivity contribution in [3.8, 4) is 5.75 Å². The van der Waals surface area contributed by atoms with Crippen LogP contribution in [0.4, 0.5) is 0 Å². The quantitative estimate of drug-likeness (QED) is 0.685. The van der Waals surface area contributed by atoms with E-state index in [1.54, 1.807) is 31.1 Å². The number of carbonyl (C=O) groups excluding carboxylic acids is 1. The van der Waals surface area contributed by atoms with E-state index in [0.29, 0.717) is 17.0 Å². The van der Waals surface area contributed by atoms with Crippen molar-refractivity contribution < 1.29 is 9.53 Å². The lowest BCUT2D eigenvalue weighted by molar-refractivity contribution is 0.0992. The van der Waals surface area contributed by atoms with Crippen LogP contribution in [0, 0.1) is 6.92 Å². The molecule has 0 unspecified atom stereocenters. The average Bonchev–Trinajstić information content (AvgIpc) is 3.07. The van der Waals surface area contributed by atoms with Crippen LogP contribution >= 0.6 is 11.3 Å². The van der Waals surface area contributed by atoms with Crippen LogP contribution < -0.4 is 9.54 Å². The lowest BCUT2D eigenvalue weighted by Gasteiger charge is -2.02. The number of benzene rings is 1. The fraction of sp³-hybridized carbons (Fsp3) is 0.235. The summed E-state index contributed by atoms with van der Waals surface area (Å²) in [6, 6.07) is 5.79. The molecular weight excluding hydrogens is 324 g/mol. The number of fused-ring (bicyclic) bond motifs is 1. The Morgan fingerprint density at radius 2 is 2.29 bits per heavy atom. The summed E-state index contributed by atoms with van der Waals surface area (Å²) in [6.07, 6.45) is 3.59. The zero-order chi connectivity index (χ0) is 17.3. The van der Waals surface area contributed by atoms with E-state index in [0.717, 1.165) is 21.5 Å². The van der Waals surface area contributed by atoms with Gasteiger partial charge in [0.1, 0.15) is 5.75 Å². The molecule has 124 valence electrons. The smallest absolute Gasteiger partial charge is 0.300 e. The number of hydrogen-bond donors (Lipinski definition) is 0. The van der Waals surface area contributed by atoms with Gasteiger partial charge >= 0.3 is 0 Å². The highest BCUT2D eigenvalue weighted by molar-refractivity contribution is 7.16. The first-order valence-corrected chi connectivity index (χ1v) is 8.22. The van der Waals surface area contributed by atoms with E-state index in [-0.39, 0.29) is 5.91 Å². The van der Waals surface area contributed by atoms with E-state index in [1.165, 1.54) is 11.3 Å². The van der Waals surface area contributed by atoms with Crippen LogP contribution in [0.2, 0.25) is 0 Å². The minimum absolute atomic E-state index is 0.343. The van der Waals surface area contributed by atoms with Gasteiger partial charge in [0.25, 0.3) is 5.91 Å². The minimum Gasteiger partial charge on any atom is -0.497 e. The molecule has 3 rings (SSSR count). The Balaban J connectivity index is 2.16. The third-order valence-electron chi connectivity index (χ3n) is 3.61. The van der Waals surface area contributed by atoms with Gasteiger partial charge in [-0.3, -0.25) is 9.48 Å². The third-order valence-corrected chi connectivity index (χ3v) is 4.65. The molecule has 0 radical (unpaired) electrons. The predicted octanol–water partition coefficient (Wildman–Crippen LogP) is 2.68. The molecule has 0 aliphatic heterocycles. The summed E-state index contributed by atoms with van der Waals surface area (Å²) in [5.74, 6) is 0.428. The molecule has 3 aromatic rings. The molecular formula is C17H18N4O2S. The maximum absolute atomic E-state index is 12.5. The first kappa shape index (κ1) is 16.2. The zero-order valence-corrected chi connectivity index (χ0v) is 14.6. The highest BCUT2D eigenvalue weighted by atomic mass is 32.1. The molecule has 2 aromatic heterocycles. The standard InChI is InChI=1S/C17H18N4O2S/c1-5-8-21-13-7-6-12(23-4)9-14(13)24-17(21)18-16(22)15-11(2)10-20(3)19-15/h5-7,9-10H,1,8H2,2-4H3.